The maximum absolute atomic E-state index is 14.7. The van der Waals surface area contributed by atoms with Gasteiger partial charge in [-0.15, -0.1) is 11.3 Å². The number of H-pyrrole nitrogens is 1. The number of hydrogen-bond acceptors (Lipinski definition) is 4. The average molecular weight is 470 g/mol. The Hall–Kier alpha value is -1.68. The zero-order valence-electron chi connectivity index (χ0n) is 15.2. The Morgan fingerprint density at radius 1 is 1.43 bits per heavy atom. The molecule has 3 aromatic rings. The Morgan fingerprint density at radius 2 is 2.25 bits per heavy atom. The second kappa shape index (κ2) is 7.62. The Kier molecular flexibility index (Phi) is 5.34. The van der Waals surface area contributed by atoms with Gasteiger partial charge < -0.3 is 5.11 Å². The van der Waals surface area contributed by atoms with Crippen LogP contribution in [0.4, 0.5) is 8.78 Å². The summed E-state index contributed by atoms with van der Waals surface area (Å²) < 4.78 is 30.8. The second-order valence-corrected chi connectivity index (χ2v) is 9.61. The fourth-order valence-corrected chi connectivity index (χ4v) is 5.64. The highest BCUT2D eigenvalue weighted by Gasteiger charge is 2.44. The zero-order valence-corrected chi connectivity index (χ0v) is 17.6. The van der Waals surface area contributed by atoms with Crippen LogP contribution in [0.2, 0.25) is 0 Å². The number of fused-ring (bicyclic) bond motifs is 1. The minimum absolute atomic E-state index is 0.0637. The van der Waals surface area contributed by atoms with E-state index in [0.29, 0.717) is 6.54 Å². The molecule has 0 saturated carbocycles. The van der Waals surface area contributed by atoms with Crippen molar-refractivity contribution in [3.05, 3.63) is 68.3 Å². The van der Waals surface area contributed by atoms with E-state index in [2.05, 4.69) is 37.0 Å². The summed E-state index contributed by atoms with van der Waals surface area (Å²) in [5, 5.41) is 14.6. The van der Waals surface area contributed by atoms with Gasteiger partial charge in [-0.1, -0.05) is 6.07 Å². The third-order valence-corrected chi connectivity index (χ3v) is 7.10. The Balaban J connectivity index is 1.70. The van der Waals surface area contributed by atoms with E-state index in [1.54, 1.807) is 16.0 Å². The van der Waals surface area contributed by atoms with E-state index < -0.39 is 23.3 Å². The molecule has 1 aliphatic heterocycles. The maximum Gasteiger partial charge on any atom is 0.306 e. The topological polar surface area (TPSA) is 56.0 Å². The highest BCUT2D eigenvalue weighted by molar-refractivity contribution is 9.11. The van der Waals surface area contributed by atoms with Gasteiger partial charge >= 0.3 is 6.33 Å². The van der Waals surface area contributed by atoms with Gasteiger partial charge in [0, 0.05) is 35.6 Å². The number of nitrogens with one attached hydrogen (secondary N) is 1. The first-order chi connectivity index (χ1) is 13.4. The Morgan fingerprint density at radius 3 is 2.96 bits per heavy atom. The van der Waals surface area contributed by atoms with Gasteiger partial charge in [0.1, 0.15) is 23.8 Å². The van der Waals surface area contributed by atoms with Crippen LogP contribution in [0, 0.1) is 11.6 Å². The van der Waals surface area contributed by atoms with Crippen molar-refractivity contribution in [1.29, 1.82) is 0 Å². The van der Waals surface area contributed by atoms with Crippen LogP contribution < -0.4 is 4.68 Å². The Labute approximate surface area is 173 Å². The monoisotopic (exact) mass is 469 g/mol. The third-order valence-electron chi connectivity index (χ3n) is 5.43. The van der Waals surface area contributed by atoms with Crippen molar-refractivity contribution in [2.24, 2.45) is 0 Å². The summed E-state index contributed by atoms with van der Waals surface area (Å²) in [4.78, 5) is 7.35. The van der Waals surface area contributed by atoms with Crippen molar-refractivity contribution in [2.45, 2.75) is 38.1 Å². The molecule has 0 amide bonds. The van der Waals surface area contributed by atoms with E-state index in [1.165, 1.54) is 35.2 Å². The fourth-order valence-electron chi connectivity index (χ4n) is 3.82. The highest BCUT2D eigenvalue weighted by atomic mass is 79.9. The number of aromatic amines is 1. The lowest BCUT2D eigenvalue weighted by Gasteiger charge is -2.41. The van der Waals surface area contributed by atoms with E-state index in [-0.39, 0.29) is 12.1 Å². The minimum atomic E-state index is -1.58. The summed E-state index contributed by atoms with van der Waals surface area (Å²) in [5.74, 6) is -1.43. The summed E-state index contributed by atoms with van der Waals surface area (Å²) in [6.45, 7) is 3.36. The molecule has 148 valence electrons. The molecule has 2 N–H and O–H groups in total. The normalized spacial score (nSPS) is 17.9. The van der Waals surface area contributed by atoms with Gasteiger partial charge in [-0.05, 0) is 52.0 Å². The van der Waals surface area contributed by atoms with Crippen LogP contribution in [-0.4, -0.2) is 32.7 Å². The molecule has 0 spiro atoms. The fraction of sp³-hybridized carbons (Fsp3) is 0.368. The smallest absolute Gasteiger partial charge is 0.306 e. The lowest BCUT2D eigenvalue weighted by molar-refractivity contribution is -0.765. The van der Waals surface area contributed by atoms with Crippen LogP contribution in [0.1, 0.15) is 22.9 Å². The minimum Gasteiger partial charge on any atom is -0.379 e. The molecular weight excluding hydrogens is 450 g/mol. The number of rotatable bonds is 5. The van der Waals surface area contributed by atoms with Crippen molar-refractivity contribution in [3.63, 3.8) is 0 Å². The Bertz CT molecular complexity index is 980. The van der Waals surface area contributed by atoms with E-state index in [9.17, 15) is 13.9 Å². The quantitative estimate of drug-likeness (QED) is 0.564. The first-order valence-electron chi connectivity index (χ1n) is 8.93. The van der Waals surface area contributed by atoms with Gasteiger partial charge in [0.05, 0.1) is 3.79 Å². The molecule has 1 aliphatic rings. The van der Waals surface area contributed by atoms with Gasteiger partial charge in [0.15, 0.2) is 0 Å². The molecule has 3 heterocycles. The predicted molar refractivity (Wildman–Crippen MR) is 105 cm³/mol. The van der Waals surface area contributed by atoms with Crippen molar-refractivity contribution < 1.29 is 18.6 Å². The van der Waals surface area contributed by atoms with E-state index >= 15 is 0 Å². The summed E-state index contributed by atoms with van der Waals surface area (Å²) in [5.41, 5.74) is -0.206. The summed E-state index contributed by atoms with van der Waals surface area (Å²) in [6.07, 6.45) is 3.88. The molecule has 0 bridgehead atoms. The molecule has 9 heteroatoms. The standard InChI is InChI=1S/C19H19BrF2N4OS/c1-12(25-5-4-13-6-18(20)28-17(13)8-25)19(27,9-26-11-23-10-24-26)15-3-2-14(21)7-16(15)22/h2-3,6-7,10-12,27H,4-5,8-9H2,1H3/p+1/t12-,19-/m1/s1. The number of halogens is 3. The van der Waals surface area contributed by atoms with E-state index in [1.807, 2.05) is 6.92 Å². The largest absolute Gasteiger partial charge is 0.379 e. The molecule has 28 heavy (non-hydrogen) atoms. The van der Waals surface area contributed by atoms with Crippen molar-refractivity contribution in [2.75, 3.05) is 6.54 Å². The number of aromatic nitrogens is 3. The van der Waals surface area contributed by atoms with Crippen LogP contribution in [0.5, 0.6) is 0 Å². The van der Waals surface area contributed by atoms with Gasteiger partial charge in [-0.25, -0.2) is 8.78 Å². The molecule has 5 nitrogen and oxygen atoms in total. The van der Waals surface area contributed by atoms with Gasteiger partial charge in [-0.3, -0.25) is 4.90 Å². The summed E-state index contributed by atoms with van der Waals surface area (Å²) in [7, 11) is 0. The average Bonchev–Trinajstić information content (AvgIpc) is 3.28. The molecule has 0 unspecified atom stereocenters. The van der Waals surface area contributed by atoms with Crippen molar-refractivity contribution in [1.82, 2.24) is 15.0 Å². The van der Waals surface area contributed by atoms with Crippen LogP contribution in [0.25, 0.3) is 0 Å². The molecule has 0 aliphatic carbocycles. The van der Waals surface area contributed by atoms with Crippen molar-refractivity contribution in [3.8, 4) is 0 Å². The van der Waals surface area contributed by atoms with Gasteiger partial charge in [-0.2, -0.15) is 9.78 Å². The number of nitrogens with zero attached hydrogens (tertiary/aromatic N) is 3. The molecule has 2 atom stereocenters. The molecule has 0 radical (unpaired) electrons. The molecule has 0 saturated heterocycles. The lowest BCUT2D eigenvalue weighted by Crippen LogP contribution is -2.58. The zero-order chi connectivity index (χ0) is 19.9. The number of thiophene rings is 1. The van der Waals surface area contributed by atoms with E-state index in [4.69, 9.17) is 0 Å². The first-order valence-corrected chi connectivity index (χ1v) is 10.5. The molecule has 2 aromatic heterocycles. The highest BCUT2D eigenvalue weighted by Crippen LogP contribution is 2.36. The molecule has 0 fully saturated rings. The first kappa shape index (κ1) is 19.6. The SMILES string of the molecule is C[C@@H](N1CCc2cc(Br)sc2C1)[C@](O)(C[n+]1cnc[nH]1)c1ccc(F)cc1F. The van der Waals surface area contributed by atoms with Crippen LogP contribution in [0.3, 0.4) is 0 Å². The molecular formula is C19H20BrF2N4OS+. The van der Waals surface area contributed by atoms with Gasteiger partial charge in [0.25, 0.3) is 0 Å². The summed E-state index contributed by atoms with van der Waals surface area (Å²) in [6, 6.07) is 5.04. The number of benzene rings is 1. The molecule has 4 rings (SSSR count). The van der Waals surface area contributed by atoms with Crippen LogP contribution in [0.15, 0.2) is 40.7 Å². The second-order valence-electron chi connectivity index (χ2n) is 7.09. The number of aliphatic hydroxyl groups is 1. The number of hydrogen-bond donors (Lipinski definition) is 2. The van der Waals surface area contributed by atoms with Crippen molar-refractivity contribution >= 4 is 27.3 Å². The van der Waals surface area contributed by atoms with Crippen LogP contribution >= 0.6 is 27.3 Å². The third kappa shape index (κ3) is 3.63. The van der Waals surface area contributed by atoms with E-state index in [0.717, 1.165) is 22.8 Å². The lowest BCUT2D eigenvalue weighted by atomic mass is 9.84. The van der Waals surface area contributed by atoms with Gasteiger partial charge in [0.2, 0.25) is 6.33 Å². The molecule has 1 aromatic carbocycles. The van der Waals surface area contributed by atoms with Crippen LogP contribution in [-0.2, 0) is 25.1 Å². The summed E-state index contributed by atoms with van der Waals surface area (Å²) >= 11 is 5.21. The maximum atomic E-state index is 14.7. The predicted octanol–water partition coefficient (Wildman–Crippen LogP) is 3.13.